The van der Waals surface area contributed by atoms with Crippen LogP contribution in [0.5, 0.6) is 0 Å². The van der Waals surface area contributed by atoms with E-state index in [1.807, 2.05) is 42.1 Å². The van der Waals surface area contributed by atoms with E-state index in [-0.39, 0.29) is 48.2 Å². The minimum Gasteiger partial charge on any atom is -1.00 e. The standard InChI is InChI=1S/C26H26N2O4.HI/c1-19(20-11-13-22(14-12-20)24(29)21-8-4-3-5-9-21)26(31)32-17-7-15-27-25(30)23-10-6-16-28(2)18-23;/h3-6,8-14,16,18-19H,7,15,17H2,1-2H3;1H. The molecule has 7 heteroatoms. The Morgan fingerprint density at radius 1 is 0.909 bits per heavy atom. The zero-order valence-corrected chi connectivity index (χ0v) is 20.8. The average Bonchev–Trinajstić information content (AvgIpc) is 2.83. The Bertz CT molecular complexity index is 1080. The van der Waals surface area contributed by atoms with Gasteiger partial charge in [-0.15, -0.1) is 0 Å². The van der Waals surface area contributed by atoms with Gasteiger partial charge in [0.25, 0.3) is 5.91 Å². The number of rotatable bonds is 9. The van der Waals surface area contributed by atoms with Gasteiger partial charge in [0.15, 0.2) is 18.2 Å². The second-order valence-electron chi connectivity index (χ2n) is 7.57. The number of nitrogens with one attached hydrogen (secondary N) is 1. The van der Waals surface area contributed by atoms with Crippen molar-refractivity contribution >= 4 is 17.7 Å². The quantitative estimate of drug-likeness (QED) is 0.134. The summed E-state index contributed by atoms with van der Waals surface area (Å²) >= 11 is 0. The van der Waals surface area contributed by atoms with Gasteiger partial charge in [0, 0.05) is 23.7 Å². The van der Waals surface area contributed by atoms with Gasteiger partial charge in [-0.25, -0.2) is 4.57 Å². The molecular weight excluding hydrogens is 531 g/mol. The Hall–Kier alpha value is -3.07. The first-order chi connectivity index (χ1) is 15.5. The molecule has 0 aliphatic carbocycles. The van der Waals surface area contributed by atoms with E-state index >= 15 is 0 Å². The van der Waals surface area contributed by atoms with Crippen LogP contribution in [0.25, 0.3) is 0 Å². The third-order valence-electron chi connectivity index (χ3n) is 5.12. The fourth-order valence-electron chi connectivity index (χ4n) is 3.21. The number of hydrogen-bond acceptors (Lipinski definition) is 4. The summed E-state index contributed by atoms with van der Waals surface area (Å²) in [6.45, 7) is 2.40. The number of hydrogen-bond donors (Lipinski definition) is 1. The summed E-state index contributed by atoms with van der Waals surface area (Å²) in [5.41, 5.74) is 2.56. The monoisotopic (exact) mass is 558 g/mol. The van der Waals surface area contributed by atoms with Crippen LogP contribution in [0.2, 0.25) is 0 Å². The molecule has 172 valence electrons. The minimum atomic E-state index is -0.449. The molecule has 0 radical (unpaired) electrons. The molecule has 0 saturated heterocycles. The number of pyridine rings is 1. The normalized spacial score (nSPS) is 11.1. The van der Waals surface area contributed by atoms with Gasteiger partial charge >= 0.3 is 5.97 Å². The molecule has 0 bridgehead atoms. The van der Waals surface area contributed by atoms with Crippen molar-refractivity contribution < 1.29 is 47.7 Å². The van der Waals surface area contributed by atoms with Crippen molar-refractivity contribution in [3.05, 3.63) is 101 Å². The van der Waals surface area contributed by atoms with Crippen LogP contribution in [0, 0.1) is 0 Å². The molecule has 1 amide bonds. The van der Waals surface area contributed by atoms with Crippen molar-refractivity contribution in [1.82, 2.24) is 5.32 Å². The van der Waals surface area contributed by atoms with Crippen LogP contribution in [0.4, 0.5) is 0 Å². The van der Waals surface area contributed by atoms with E-state index < -0.39 is 5.92 Å². The smallest absolute Gasteiger partial charge is 0.313 e. The van der Waals surface area contributed by atoms with Gasteiger partial charge < -0.3 is 34.0 Å². The molecule has 0 spiro atoms. The Labute approximate surface area is 211 Å². The lowest BCUT2D eigenvalue weighted by molar-refractivity contribution is -0.671. The van der Waals surface area contributed by atoms with E-state index in [2.05, 4.69) is 5.32 Å². The minimum absolute atomic E-state index is 0. The molecule has 1 heterocycles. The van der Waals surface area contributed by atoms with Gasteiger partial charge in [-0.3, -0.25) is 14.4 Å². The van der Waals surface area contributed by atoms with Gasteiger partial charge in [-0.05, 0) is 25.0 Å². The molecular formula is C26H27IN2O4. The van der Waals surface area contributed by atoms with Crippen molar-refractivity contribution in [2.45, 2.75) is 19.3 Å². The van der Waals surface area contributed by atoms with Crippen molar-refractivity contribution in [2.75, 3.05) is 13.2 Å². The highest BCUT2D eigenvalue weighted by atomic mass is 127. The van der Waals surface area contributed by atoms with Gasteiger partial charge in [-0.1, -0.05) is 54.6 Å². The maximum atomic E-state index is 12.5. The summed E-state index contributed by atoms with van der Waals surface area (Å²) < 4.78 is 7.16. The zero-order chi connectivity index (χ0) is 22.9. The highest BCUT2D eigenvalue weighted by molar-refractivity contribution is 6.09. The second-order valence-corrected chi connectivity index (χ2v) is 7.57. The number of halogens is 1. The van der Waals surface area contributed by atoms with Gasteiger partial charge in [0.05, 0.1) is 12.5 Å². The third kappa shape index (κ3) is 7.49. The Kier molecular flexibility index (Phi) is 10.2. The van der Waals surface area contributed by atoms with Crippen LogP contribution in [-0.4, -0.2) is 30.8 Å². The first kappa shape index (κ1) is 26.2. The topological polar surface area (TPSA) is 76.3 Å². The number of carbonyl (C=O) groups excluding carboxylic acids is 3. The van der Waals surface area contributed by atoms with Crippen molar-refractivity contribution in [1.29, 1.82) is 0 Å². The molecule has 1 aromatic heterocycles. The largest absolute Gasteiger partial charge is 1.00 e. The number of carbonyl (C=O) groups is 3. The summed E-state index contributed by atoms with van der Waals surface area (Å²) in [5.74, 6) is -1.01. The van der Waals surface area contributed by atoms with Crippen LogP contribution < -0.4 is 33.9 Å². The number of esters is 1. The summed E-state index contributed by atoms with van der Waals surface area (Å²) in [6, 6.07) is 19.6. The molecule has 0 fully saturated rings. The highest BCUT2D eigenvalue weighted by Crippen LogP contribution is 2.19. The summed E-state index contributed by atoms with van der Waals surface area (Å²) in [5, 5.41) is 2.82. The number of aromatic nitrogens is 1. The number of benzene rings is 2. The predicted molar refractivity (Wildman–Crippen MR) is 120 cm³/mol. The highest BCUT2D eigenvalue weighted by Gasteiger charge is 2.18. The van der Waals surface area contributed by atoms with E-state index in [9.17, 15) is 14.4 Å². The summed E-state index contributed by atoms with van der Waals surface area (Å²) in [7, 11) is 1.85. The Morgan fingerprint density at radius 3 is 2.21 bits per heavy atom. The molecule has 0 saturated carbocycles. The molecule has 3 aromatic rings. The lowest BCUT2D eigenvalue weighted by Gasteiger charge is -2.12. The number of ether oxygens (including phenoxy) is 1. The van der Waals surface area contributed by atoms with E-state index in [0.717, 1.165) is 5.56 Å². The van der Waals surface area contributed by atoms with Crippen LogP contribution in [-0.2, 0) is 16.6 Å². The molecule has 0 aliphatic heterocycles. The van der Waals surface area contributed by atoms with E-state index in [4.69, 9.17) is 4.74 Å². The molecule has 33 heavy (non-hydrogen) atoms. The molecule has 6 nitrogen and oxygen atoms in total. The molecule has 1 unspecified atom stereocenters. The SMILES string of the molecule is CC(C(=O)OCCCNC(=O)c1ccc[n+](C)c1)c1ccc(C(=O)c2ccccc2)cc1.[I-]. The number of aryl methyl sites for hydroxylation is 1. The first-order valence-corrected chi connectivity index (χ1v) is 10.6. The van der Waals surface area contributed by atoms with Crippen molar-refractivity contribution in [3.8, 4) is 0 Å². The lowest BCUT2D eigenvalue weighted by atomic mass is 9.97. The van der Waals surface area contributed by atoms with Gasteiger partial charge in [0.1, 0.15) is 12.6 Å². The Balaban J connectivity index is 0.00000385. The summed E-state index contributed by atoms with van der Waals surface area (Å²) in [6.07, 6.45) is 4.12. The second kappa shape index (κ2) is 12.8. The summed E-state index contributed by atoms with van der Waals surface area (Å²) in [4.78, 5) is 37.0. The maximum Gasteiger partial charge on any atom is 0.313 e. The lowest BCUT2D eigenvalue weighted by Crippen LogP contribution is -3.00. The fourth-order valence-corrected chi connectivity index (χ4v) is 3.21. The van der Waals surface area contributed by atoms with E-state index in [1.54, 1.807) is 55.6 Å². The average molecular weight is 558 g/mol. The van der Waals surface area contributed by atoms with Gasteiger partial charge in [-0.2, -0.15) is 0 Å². The van der Waals surface area contributed by atoms with E-state index in [1.165, 1.54) is 0 Å². The molecule has 1 N–H and O–H groups in total. The van der Waals surface area contributed by atoms with E-state index in [0.29, 0.717) is 29.7 Å². The Morgan fingerprint density at radius 2 is 1.55 bits per heavy atom. The van der Waals surface area contributed by atoms with Crippen LogP contribution in [0.15, 0.2) is 79.1 Å². The number of amides is 1. The zero-order valence-electron chi connectivity index (χ0n) is 18.7. The fraction of sp³-hybridized carbons (Fsp3) is 0.231. The number of nitrogens with zero attached hydrogens (tertiary/aromatic N) is 1. The third-order valence-corrected chi connectivity index (χ3v) is 5.12. The molecule has 1 atom stereocenters. The van der Waals surface area contributed by atoms with Crippen LogP contribution >= 0.6 is 0 Å². The van der Waals surface area contributed by atoms with Crippen LogP contribution in [0.3, 0.4) is 0 Å². The van der Waals surface area contributed by atoms with Crippen molar-refractivity contribution in [3.63, 3.8) is 0 Å². The first-order valence-electron chi connectivity index (χ1n) is 10.6. The number of ketones is 1. The van der Waals surface area contributed by atoms with Gasteiger partial charge in [0.2, 0.25) is 0 Å². The van der Waals surface area contributed by atoms with Crippen LogP contribution in [0.1, 0.15) is 51.1 Å². The molecule has 0 aliphatic rings. The maximum absolute atomic E-state index is 12.5. The van der Waals surface area contributed by atoms with Crippen molar-refractivity contribution in [2.24, 2.45) is 7.05 Å². The molecule has 2 aromatic carbocycles. The predicted octanol–water partition coefficient (Wildman–Crippen LogP) is 0.213. The molecule has 3 rings (SSSR count).